The molecular weight excluding hydrogens is 242 g/mol. The van der Waals surface area contributed by atoms with E-state index in [0.29, 0.717) is 0 Å². The Morgan fingerprint density at radius 2 is 2.11 bits per heavy atom. The van der Waals surface area contributed by atoms with Crippen LogP contribution in [0.3, 0.4) is 0 Å². The van der Waals surface area contributed by atoms with Crippen molar-refractivity contribution in [3.63, 3.8) is 0 Å². The van der Waals surface area contributed by atoms with E-state index in [0.717, 1.165) is 43.4 Å². The molecule has 19 heavy (non-hydrogen) atoms. The average Bonchev–Trinajstić information content (AvgIpc) is 2.45. The minimum Gasteiger partial charge on any atom is -0.465 e. The highest BCUT2D eigenvalue weighted by atomic mass is 16.5. The van der Waals surface area contributed by atoms with Crippen molar-refractivity contribution in [3.8, 4) is 0 Å². The van der Waals surface area contributed by atoms with Crippen LogP contribution in [0.4, 0.5) is 0 Å². The third-order valence-electron chi connectivity index (χ3n) is 3.98. The van der Waals surface area contributed by atoms with E-state index in [1.807, 2.05) is 6.92 Å². The molecule has 0 bridgehead atoms. The van der Waals surface area contributed by atoms with Crippen LogP contribution in [-0.4, -0.2) is 17.6 Å². The Balaban J connectivity index is 2.67. The highest BCUT2D eigenvalue weighted by Crippen LogP contribution is 2.24. The molecule has 4 heteroatoms. The molecular formula is C15H21NO3. The first-order valence-electron chi connectivity index (χ1n) is 6.95. The van der Waals surface area contributed by atoms with Gasteiger partial charge >= 0.3 is 5.97 Å². The lowest BCUT2D eigenvalue weighted by molar-refractivity contribution is 0.0597. The molecule has 104 valence electrons. The Bertz CT molecular complexity index is 545. The first kappa shape index (κ1) is 13.8. The Kier molecular flexibility index (Phi) is 4.08. The first-order valence-corrected chi connectivity index (χ1v) is 6.95. The van der Waals surface area contributed by atoms with Crippen LogP contribution in [-0.2, 0) is 17.6 Å². The van der Waals surface area contributed by atoms with Crippen LogP contribution in [0.5, 0.6) is 0 Å². The lowest BCUT2D eigenvalue weighted by Crippen LogP contribution is -2.33. The molecule has 0 saturated carbocycles. The fraction of sp³-hybridized carbons (Fsp3) is 0.600. The molecule has 1 aliphatic carbocycles. The molecule has 0 saturated heterocycles. The highest BCUT2D eigenvalue weighted by molar-refractivity contribution is 5.89. The molecule has 1 unspecified atom stereocenters. The summed E-state index contributed by atoms with van der Waals surface area (Å²) in [6.07, 6.45) is 4.97. The van der Waals surface area contributed by atoms with Gasteiger partial charge < -0.3 is 9.30 Å². The fourth-order valence-electron chi connectivity index (χ4n) is 2.74. The molecule has 1 atom stereocenters. The summed E-state index contributed by atoms with van der Waals surface area (Å²) in [5.41, 5.74) is 2.20. The second kappa shape index (κ2) is 5.59. The van der Waals surface area contributed by atoms with E-state index in [1.165, 1.54) is 7.11 Å². The van der Waals surface area contributed by atoms with Crippen LogP contribution in [0.1, 0.15) is 60.8 Å². The topological polar surface area (TPSA) is 48.3 Å². The number of carbonyl (C=O) groups excluding carboxylic acids is 1. The van der Waals surface area contributed by atoms with Gasteiger partial charge in [0.1, 0.15) is 5.56 Å². The van der Waals surface area contributed by atoms with E-state index >= 15 is 0 Å². The maximum absolute atomic E-state index is 12.5. The Hall–Kier alpha value is -1.58. The molecule has 0 aromatic carbocycles. The summed E-state index contributed by atoms with van der Waals surface area (Å²) in [4.78, 5) is 24.3. The van der Waals surface area contributed by atoms with E-state index in [1.54, 1.807) is 10.6 Å². The van der Waals surface area contributed by atoms with Crippen molar-refractivity contribution >= 4 is 5.97 Å². The van der Waals surface area contributed by atoms with Gasteiger partial charge in [0.2, 0.25) is 0 Å². The molecule has 0 fully saturated rings. The SMILES string of the molecule is CCC(C)n1c2c(cc(C(=O)OC)c1=O)CCCC2. The zero-order chi connectivity index (χ0) is 14.0. The van der Waals surface area contributed by atoms with Gasteiger partial charge in [-0.25, -0.2) is 4.79 Å². The van der Waals surface area contributed by atoms with Crippen LogP contribution in [0, 0.1) is 0 Å². The van der Waals surface area contributed by atoms with Gasteiger partial charge in [-0.3, -0.25) is 4.79 Å². The van der Waals surface area contributed by atoms with Gasteiger partial charge in [0.25, 0.3) is 5.56 Å². The van der Waals surface area contributed by atoms with E-state index in [9.17, 15) is 9.59 Å². The number of esters is 1. The van der Waals surface area contributed by atoms with E-state index in [-0.39, 0.29) is 17.2 Å². The van der Waals surface area contributed by atoms with Crippen molar-refractivity contribution < 1.29 is 9.53 Å². The first-order chi connectivity index (χ1) is 9.10. The Morgan fingerprint density at radius 1 is 1.42 bits per heavy atom. The number of aryl methyl sites for hydroxylation is 1. The molecule has 2 rings (SSSR count). The molecule has 1 aliphatic rings. The lowest BCUT2D eigenvalue weighted by Gasteiger charge is -2.25. The van der Waals surface area contributed by atoms with E-state index < -0.39 is 5.97 Å². The molecule has 0 aliphatic heterocycles. The standard InChI is InChI=1S/C15H21NO3/c1-4-10(2)16-13-8-6-5-7-11(13)9-12(14(16)17)15(18)19-3/h9-10H,4-8H2,1-3H3. The van der Waals surface area contributed by atoms with Gasteiger partial charge in [-0.05, 0) is 50.7 Å². The third-order valence-corrected chi connectivity index (χ3v) is 3.98. The number of aromatic nitrogens is 1. The molecule has 1 heterocycles. The van der Waals surface area contributed by atoms with Crippen molar-refractivity contribution in [2.24, 2.45) is 0 Å². The largest absolute Gasteiger partial charge is 0.465 e. The summed E-state index contributed by atoms with van der Waals surface area (Å²) in [6.45, 7) is 4.08. The van der Waals surface area contributed by atoms with Crippen LogP contribution in [0.25, 0.3) is 0 Å². The number of methoxy groups -OCH3 is 1. The monoisotopic (exact) mass is 263 g/mol. The smallest absolute Gasteiger partial charge is 0.343 e. The van der Waals surface area contributed by atoms with Gasteiger partial charge in [0.05, 0.1) is 7.11 Å². The fourth-order valence-corrected chi connectivity index (χ4v) is 2.74. The molecule has 4 nitrogen and oxygen atoms in total. The summed E-state index contributed by atoms with van der Waals surface area (Å²) in [7, 11) is 1.31. The Labute approximate surface area is 113 Å². The molecule has 1 aromatic rings. The summed E-state index contributed by atoms with van der Waals surface area (Å²) in [6, 6.07) is 1.85. The number of nitrogens with zero attached hydrogens (tertiary/aromatic N) is 1. The Morgan fingerprint density at radius 3 is 2.74 bits per heavy atom. The normalized spacial score (nSPS) is 15.7. The summed E-state index contributed by atoms with van der Waals surface area (Å²) < 4.78 is 6.53. The van der Waals surface area contributed by atoms with E-state index in [4.69, 9.17) is 4.74 Å². The summed E-state index contributed by atoms with van der Waals surface area (Å²) in [5.74, 6) is -0.532. The van der Waals surface area contributed by atoms with Crippen LogP contribution in [0.15, 0.2) is 10.9 Å². The van der Waals surface area contributed by atoms with Gasteiger partial charge in [0, 0.05) is 11.7 Å². The number of rotatable bonds is 3. The molecule has 0 spiro atoms. The summed E-state index contributed by atoms with van der Waals surface area (Å²) in [5, 5.41) is 0. The van der Waals surface area contributed by atoms with Crippen LogP contribution in [0.2, 0.25) is 0 Å². The second-order valence-corrected chi connectivity index (χ2v) is 5.16. The van der Waals surface area contributed by atoms with Gasteiger partial charge in [-0.1, -0.05) is 6.92 Å². The van der Waals surface area contributed by atoms with Gasteiger partial charge in [-0.2, -0.15) is 0 Å². The van der Waals surface area contributed by atoms with Gasteiger partial charge in [0.15, 0.2) is 0 Å². The summed E-state index contributed by atoms with van der Waals surface area (Å²) >= 11 is 0. The average molecular weight is 263 g/mol. The lowest BCUT2D eigenvalue weighted by atomic mass is 9.93. The van der Waals surface area contributed by atoms with Crippen molar-refractivity contribution in [1.29, 1.82) is 0 Å². The van der Waals surface area contributed by atoms with Gasteiger partial charge in [-0.15, -0.1) is 0 Å². The number of pyridine rings is 1. The van der Waals surface area contributed by atoms with Crippen molar-refractivity contribution in [1.82, 2.24) is 4.57 Å². The van der Waals surface area contributed by atoms with Crippen LogP contribution < -0.4 is 5.56 Å². The number of carbonyl (C=O) groups is 1. The number of hydrogen-bond acceptors (Lipinski definition) is 3. The maximum atomic E-state index is 12.5. The predicted octanol–water partition coefficient (Wildman–Crippen LogP) is 2.48. The number of fused-ring (bicyclic) bond motifs is 1. The van der Waals surface area contributed by atoms with Crippen molar-refractivity contribution in [2.75, 3.05) is 7.11 Å². The van der Waals surface area contributed by atoms with Crippen molar-refractivity contribution in [2.45, 2.75) is 52.0 Å². The van der Waals surface area contributed by atoms with Crippen molar-refractivity contribution in [3.05, 3.63) is 33.2 Å². The third kappa shape index (κ3) is 2.44. The minimum atomic E-state index is -0.532. The predicted molar refractivity (Wildman–Crippen MR) is 73.7 cm³/mol. The van der Waals surface area contributed by atoms with Crippen LogP contribution >= 0.6 is 0 Å². The minimum absolute atomic E-state index is 0.115. The zero-order valence-electron chi connectivity index (χ0n) is 11.9. The number of hydrogen-bond donors (Lipinski definition) is 0. The maximum Gasteiger partial charge on any atom is 0.343 e. The number of ether oxygens (including phenoxy) is 1. The molecule has 1 aromatic heterocycles. The highest BCUT2D eigenvalue weighted by Gasteiger charge is 2.23. The van der Waals surface area contributed by atoms with E-state index in [2.05, 4.69) is 6.92 Å². The quantitative estimate of drug-likeness (QED) is 0.787. The molecule has 0 N–H and O–H groups in total. The second-order valence-electron chi connectivity index (χ2n) is 5.16. The zero-order valence-corrected chi connectivity index (χ0v) is 11.9. The molecule has 0 amide bonds. The molecule has 0 radical (unpaired) electrons.